The average molecular weight is 471 g/mol. The molecule has 0 unspecified atom stereocenters. The summed E-state index contributed by atoms with van der Waals surface area (Å²) in [6, 6.07) is 23.8. The van der Waals surface area contributed by atoms with Crippen molar-refractivity contribution in [3.8, 4) is 5.75 Å². The molecule has 0 aromatic heterocycles. The van der Waals surface area contributed by atoms with Gasteiger partial charge in [-0.1, -0.05) is 48.5 Å². The maximum atomic E-state index is 13.0. The Morgan fingerprint density at radius 3 is 2.59 bits per heavy atom. The molecule has 6 rings (SSSR count). The van der Waals surface area contributed by atoms with Gasteiger partial charge in [-0.2, -0.15) is 5.10 Å². The lowest BCUT2D eigenvalue weighted by atomic mass is 9.97. The second-order valence-corrected chi connectivity index (χ2v) is 9.31. The van der Waals surface area contributed by atoms with E-state index < -0.39 is 10.1 Å². The number of thioether (sulfide) groups is 1. The molecule has 1 saturated heterocycles. The molecule has 34 heavy (non-hydrogen) atoms. The van der Waals surface area contributed by atoms with Crippen LogP contribution < -0.4 is 10.1 Å². The molecule has 3 heterocycles. The van der Waals surface area contributed by atoms with Gasteiger partial charge < -0.3 is 4.74 Å². The molecule has 1 spiro atoms. The fourth-order valence-corrected chi connectivity index (χ4v) is 5.56. The van der Waals surface area contributed by atoms with Gasteiger partial charge in [0.15, 0.2) is 0 Å². The van der Waals surface area contributed by atoms with Gasteiger partial charge in [-0.05, 0) is 47.2 Å². The van der Waals surface area contributed by atoms with Gasteiger partial charge in [0.2, 0.25) is 0 Å². The van der Waals surface area contributed by atoms with E-state index in [2.05, 4.69) is 5.32 Å². The van der Waals surface area contributed by atoms with E-state index in [1.807, 2.05) is 59.6 Å². The number of benzene rings is 3. The Morgan fingerprint density at radius 2 is 1.82 bits per heavy atom. The Hall–Kier alpha value is -4.11. The lowest BCUT2D eigenvalue weighted by Crippen LogP contribution is -2.58. The molecule has 0 radical (unpaired) electrons. The van der Waals surface area contributed by atoms with Crippen LogP contribution >= 0.6 is 11.8 Å². The maximum Gasteiger partial charge on any atom is 0.336 e. The van der Waals surface area contributed by atoms with Crippen LogP contribution in [0.25, 0.3) is 6.08 Å². The van der Waals surface area contributed by atoms with Crippen LogP contribution in [0.2, 0.25) is 0 Å². The zero-order valence-corrected chi connectivity index (χ0v) is 18.6. The van der Waals surface area contributed by atoms with Crippen molar-refractivity contribution in [2.45, 2.75) is 17.6 Å². The number of nitro groups is 1. The van der Waals surface area contributed by atoms with Crippen molar-refractivity contribution in [2.75, 3.05) is 0 Å². The van der Waals surface area contributed by atoms with E-state index in [0.29, 0.717) is 22.6 Å². The number of ether oxygens (including phenoxy) is 1. The highest BCUT2D eigenvalue weighted by atomic mass is 32.2. The Balaban J connectivity index is 1.39. The first kappa shape index (κ1) is 20.5. The third-order valence-corrected chi connectivity index (χ3v) is 7.16. The summed E-state index contributed by atoms with van der Waals surface area (Å²) in [4.78, 5) is 23.9. The minimum atomic E-state index is -1.22. The van der Waals surface area contributed by atoms with Crippen LogP contribution in [0, 0.1) is 10.1 Å². The molecule has 1 fully saturated rings. The van der Waals surface area contributed by atoms with E-state index in [1.165, 1.54) is 23.9 Å². The number of carbonyl (C=O) groups excluding carboxylic acids is 1. The summed E-state index contributed by atoms with van der Waals surface area (Å²) in [6.07, 6.45) is 2.39. The van der Waals surface area contributed by atoms with Crippen LogP contribution in [-0.4, -0.2) is 26.7 Å². The number of para-hydroxylation sites is 1. The van der Waals surface area contributed by atoms with Gasteiger partial charge in [0.05, 0.1) is 21.6 Å². The van der Waals surface area contributed by atoms with Crippen molar-refractivity contribution in [1.82, 2.24) is 10.3 Å². The van der Waals surface area contributed by atoms with E-state index in [0.717, 1.165) is 16.8 Å². The van der Waals surface area contributed by atoms with Crippen LogP contribution in [0.3, 0.4) is 0 Å². The van der Waals surface area contributed by atoms with E-state index in [4.69, 9.17) is 9.84 Å². The van der Waals surface area contributed by atoms with Gasteiger partial charge in [0.1, 0.15) is 5.75 Å². The largest absolute Gasteiger partial charge is 0.439 e. The molecule has 3 aliphatic rings. The lowest BCUT2D eigenvalue weighted by molar-refractivity contribution is -0.384. The van der Waals surface area contributed by atoms with Crippen LogP contribution in [0.4, 0.5) is 5.69 Å². The number of rotatable bonds is 3. The van der Waals surface area contributed by atoms with Gasteiger partial charge in [-0.25, -0.2) is 5.01 Å². The number of amides is 1. The minimum Gasteiger partial charge on any atom is -0.439 e. The summed E-state index contributed by atoms with van der Waals surface area (Å²) in [7, 11) is 0. The van der Waals surface area contributed by atoms with Crippen molar-refractivity contribution in [3.05, 3.63) is 111 Å². The molecule has 8 nitrogen and oxygen atoms in total. The first-order chi connectivity index (χ1) is 16.5. The first-order valence-corrected chi connectivity index (χ1v) is 11.5. The van der Waals surface area contributed by atoms with Crippen LogP contribution in [0.1, 0.15) is 29.2 Å². The minimum absolute atomic E-state index is 0.00273. The molecular weight excluding hydrogens is 452 g/mol. The number of non-ortho nitro benzene ring substituents is 1. The second-order valence-electron chi connectivity index (χ2n) is 8.11. The molecule has 3 aromatic carbocycles. The molecule has 3 aliphatic heterocycles. The normalized spacial score (nSPS) is 23.8. The number of nitrogens with one attached hydrogen (secondary N) is 1. The van der Waals surface area contributed by atoms with Crippen molar-refractivity contribution >= 4 is 35.1 Å². The molecule has 9 heteroatoms. The highest BCUT2D eigenvalue weighted by Gasteiger charge is 2.57. The first-order valence-electron chi connectivity index (χ1n) is 10.7. The molecule has 1 amide bonds. The Bertz CT molecular complexity index is 1370. The maximum absolute atomic E-state index is 13.0. The van der Waals surface area contributed by atoms with E-state index >= 15 is 0 Å². The van der Waals surface area contributed by atoms with Crippen molar-refractivity contribution in [2.24, 2.45) is 5.10 Å². The lowest BCUT2D eigenvalue weighted by Gasteiger charge is -2.43. The molecular formula is C25H18N4O4S. The van der Waals surface area contributed by atoms with Crippen LogP contribution in [0.5, 0.6) is 5.75 Å². The molecule has 0 bridgehead atoms. The third-order valence-electron chi connectivity index (χ3n) is 5.99. The number of nitro benzene ring substituents is 1. The monoisotopic (exact) mass is 470 g/mol. The smallest absolute Gasteiger partial charge is 0.336 e. The number of carbonyl (C=O) groups is 1. The molecule has 1 N–H and O–H groups in total. The fourth-order valence-electron chi connectivity index (χ4n) is 4.39. The number of fused-ring (bicyclic) bond motifs is 4. The van der Waals surface area contributed by atoms with Gasteiger partial charge in [-0.15, -0.1) is 0 Å². The summed E-state index contributed by atoms with van der Waals surface area (Å²) in [5, 5.41) is 19.5. The van der Waals surface area contributed by atoms with Gasteiger partial charge >= 0.3 is 5.18 Å². The van der Waals surface area contributed by atoms with Gasteiger partial charge in [0.25, 0.3) is 11.6 Å². The highest BCUT2D eigenvalue weighted by Crippen LogP contribution is 2.53. The zero-order chi connectivity index (χ0) is 23.3. The van der Waals surface area contributed by atoms with E-state index in [1.54, 1.807) is 18.2 Å². The second kappa shape index (κ2) is 7.74. The Kier molecular flexibility index (Phi) is 4.66. The van der Waals surface area contributed by atoms with Crippen molar-refractivity contribution in [1.29, 1.82) is 0 Å². The molecule has 168 valence electrons. The quantitative estimate of drug-likeness (QED) is 0.340. The Labute approximate surface area is 199 Å². The summed E-state index contributed by atoms with van der Waals surface area (Å²) >= 11 is 1.25. The van der Waals surface area contributed by atoms with Crippen LogP contribution in [-0.2, 0) is 4.79 Å². The molecule has 0 aliphatic carbocycles. The molecule has 3 aromatic rings. The third kappa shape index (κ3) is 3.32. The summed E-state index contributed by atoms with van der Waals surface area (Å²) < 4.78 is 6.39. The predicted octanol–water partition coefficient (Wildman–Crippen LogP) is 4.65. The number of nitrogens with zero attached hydrogens (tertiary/aromatic N) is 3. The number of hydrogen-bond donors (Lipinski definition) is 1. The van der Waals surface area contributed by atoms with Crippen molar-refractivity contribution in [3.63, 3.8) is 0 Å². The molecule has 2 atom stereocenters. The highest BCUT2D eigenvalue weighted by molar-refractivity contribution is 8.05. The number of hydrogen-bond acceptors (Lipinski definition) is 7. The van der Waals surface area contributed by atoms with Crippen molar-refractivity contribution < 1.29 is 14.5 Å². The standard InChI is InChI=1S/C25H18N4O4S/c30-24-23(14-16-10-12-18(13-11-16)29(31)32)34-25(26-24)28-21(19-8-4-5-9-22(19)33-25)15-20(27-28)17-6-2-1-3-7-17/h1-14,21H,15H2,(H,26,30)/b23-14-/t21-,25+/m0/s1. The predicted molar refractivity (Wildman–Crippen MR) is 129 cm³/mol. The average Bonchev–Trinajstić information content (AvgIpc) is 3.43. The van der Waals surface area contributed by atoms with Crippen LogP contribution in [0.15, 0.2) is 88.9 Å². The number of hydrazone groups is 1. The Morgan fingerprint density at radius 1 is 1.09 bits per heavy atom. The van der Waals surface area contributed by atoms with E-state index in [-0.39, 0.29) is 17.6 Å². The molecule has 0 saturated carbocycles. The fraction of sp³-hybridized carbons (Fsp3) is 0.120. The SMILES string of the molecule is O=C1N[C@@]2(Oc3ccccc3[C@@H]3CC(c4ccccc4)=NN32)S/C1=C\c1ccc([N+](=O)[O-])cc1. The topological polar surface area (TPSA) is 97.1 Å². The summed E-state index contributed by atoms with van der Waals surface area (Å²) in [5.74, 6) is 0.419. The summed E-state index contributed by atoms with van der Waals surface area (Å²) in [5.41, 5.74) is 3.65. The van der Waals surface area contributed by atoms with E-state index in [9.17, 15) is 14.9 Å². The van der Waals surface area contributed by atoms with Gasteiger partial charge in [0, 0.05) is 24.1 Å². The zero-order valence-electron chi connectivity index (χ0n) is 17.8. The van der Waals surface area contributed by atoms with Gasteiger partial charge in [-0.3, -0.25) is 20.2 Å². The summed E-state index contributed by atoms with van der Waals surface area (Å²) in [6.45, 7) is 0.